The second kappa shape index (κ2) is 18.8. The van der Waals surface area contributed by atoms with E-state index in [2.05, 4.69) is 0 Å². The van der Waals surface area contributed by atoms with E-state index in [0.717, 1.165) is 22.3 Å². The van der Waals surface area contributed by atoms with Crippen molar-refractivity contribution in [2.24, 2.45) is 0 Å². The van der Waals surface area contributed by atoms with Gasteiger partial charge in [-0.15, -0.1) is 0 Å². The van der Waals surface area contributed by atoms with Gasteiger partial charge in [-0.1, -0.05) is 121 Å². The first-order chi connectivity index (χ1) is 25.0. The molecule has 4 aromatic carbocycles. The third-order valence-electron chi connectivity index (χ3n) is 9.00. The van der Waals surface area contributed by atoms with Gasteiger partial charge < -0.3 is 53.6 Å². The lowest BCUT2D eigenvalue weighted by atomic mass is 9.97. The van der Waals surface area contributed by atoms with Crippen LogP contribution >= 0.6 is 0 Å². The number of ether oxygens (including phenoxy) is 7. The summed E-state index contributed by atoms with van der Waals surface area (Å²) in [5.41, 5.74) is 3.59. The fourth-order valence-corrected chi connectivity index (χ4v) is 6.22. The average Bonchev–Trinajstić information content (AvgIpc) is 3.17. The molecule has 272 valence electrons. The third kappa shape index (κ3) is 10.1. The molecule has 11 heteroatoms. The van der Waals surface area contributed by atoms with Crippen molar-refractivity contribution in [3.63, 3.8) is 0 Å². The highest BCUT2D eigenvalue weighted by atomic mass is 16.7. The summed E-state index contributed by atoms with van der Waals surface area (Å²) < 4.78 is 43.7. The zero-order chi connectivity index (χ0) is 35.4. The molecule has 0 bridgehead atoms. The monoisotopic (exact) mass is 702 g/mol. The van der Waals surface area contributed by atoms with Gasteiger partial charge in [0.05, 0.1) is 39.6 Å². The smallest absolute Gasteiger partial charge is 0.187 e. The van der Waals surface area contributed by atoms with E-state index < -0.39 is 68.0 Å². The van der Waals surface area contributed by atoms with Crippen LogP contribution in [0.1, 0.15) is 22.3 Å². The third-order valence-corrected chi connectivity index (χ3v) is 9.00. The maximum absolute atomic E-state index is 11.4. The van der Waals surface area contributed by atoms with E-state index in [1.54, 1.807) is 0 Å². The molecule has 6 rings (SSSR count). The molecule has 0 aromatic heterocycles. The van der Waals surface area contributed by atoms with Crippen molar-refractivity contribution < 1.29 is 53.6 Å². The molecule has 0 radical (unpaired) electrons. The summed E-state index contributed by atoms with van der Waals surface area (Å²) in [5, 5.41) is 43.1. The van der Waals surface area contributed by atoms with Gasteiger partial charge in [-0.2, -0.15) is 0 Å². The molecule has 0 unspecified atom stereocenters. The molecule has 2 fully saturated rings. The van der Waals surface area contributed by atoms with Gasteiger partial charge in [0, 0.05) is 0 Å². The van der Waals surface area contributed by atoms with Gasteiger partial charge in [0.2, 0.25) is 0 Å². The first-order valence-corrected chi connectivity index (χ1v) is 17.2. The minimum absolute atomic E-state index is 0.111. The van der Waals surface area contributed by atoms with E-state index in [1.165, 1.54) is 0 Å². The molecule has 4 N–H and O–H groups in total. The highest BCUT2D eigenvalue weighted by molar-refractivity contribution is 5.16. The van der Waals surface area contributed by atoms with Crippen molar-refractivity contribution in [3.05, 3.63) is 144 Å². The highest BCUT2D eigenvalue weighted by Gasteiger charge is 2.50. The molecule has 4 aromatic rings. The maximum atomic E-state index is 11.4. The van der Waals surface area contributed by atoms with Gasteiger partial charge in [-0.3, -0.25) is 0 Å². The maximum Gasteiger partial charge on any atom is 0.187 e. The Balaban J connectivity index is 1.24. The fourth-order valence-electron chi connectivity index (χ4n) is 6.22. The van der Waals surface area contributed by atoms with Crippen LogP contribution in [0.5, 0.6) is 0 Å². The molecule has 0 aliphatic carbocycles. The molecular formula is C40H46O11. The van der Waals surface area contributed by atoms with Crippen LogP contribution in [0, 0.1) is 0 Å². The highest BCUT2D eigenvalue weighted by Crippen LogP contribution is 2.32. The van der Waals surface area contributed by atoms with E-state index in [-0.39, 0.29) is 33.0 Å². The Bertz CT molecular complexity index is 1550. The summed E-state index contributed by atoms with van der Waals surface area (Å²) >= 11 is 0. The van der Waals surface area contributed by atoms with Gasteiger partial charge in [0.1, 0.15) is 48.8 Å². The number of hydrogen-bond donors (Lipinski definition) is 4. The zero-order valence-corrected chi connectivity index (χ0v) is 28.2. The molecule has 0 saturated carbocycles. The molecule has 0 amide bonds. The van der Waals surface area contributed by atoms with Gasteiger partial charge in [-0.25, -0.2) is 0 Å². The second-order valence-electron chi connectivity index (χ2n) is 12.6. The number of aliphatic hydroxyl groups is 4. The van der Waals surface area contributed by atoms with Gasteiger partial charge in [0.25, 0.3) is 0 Å². The Morgan fingerprint density at radius 1 is 0.431 bits per heavy atom. The molecule has 2 aliphatic rings. The zero-order valence-electron chi connectivity index (χ0n) is 28.2. The van der Waals surface area contributed by atoms with Crippen LogP contribution in [0.2, 0.25) is 0 Å². The molecule has 2 saturated heterocycles. The SMILES string of the molecule is OC[C@H]1O[C@@H](OC[C@H]2O[C@H](O)[C@H](OCc3ccccc3)[C@@H](OCc3ccccc3)[C@@H]2OCc2ccccc2)[C@H](OCc2ccccc2)[C@@H](O)[C@@H]1O. The fraction of sp³-hybridized carbons (Fsp3) is 0.400. The van der Waals surface area contributed by atoms with Gasteiger partial charge in [0.15, 0.2) is 12.6 Å². The topological polar surface area (TPSA) is 146 Å². The van der Waals surface area contributed by atoms with Gasteiger partial charge in [-0.05, 0) is 22.3 Å². The molecule has 11 nitrogen and oxygen atoms in total. The minimum Gasteiger partial charge on any atom is -0.394 e. The molecule has 0 spiro atoms. The first-order valence-electron chi connectivity index (χ1n) is 17.2. The lowest BCUT2D eigenvalue weighted by Crippen LogP contribution is -2.63. The lowest BCUT2D eigenvalue weighted by Gasteiger charge is -2.46. The van der Waals surface area contributed by atoms with E-state index >= 15 is 0 Å². The van der Waals surface area contributed by atoms with Crippen LogP contribution in [0.3, 0.4) is 0 Å². The number of aliphatic hydroxyl groups excluding tert-OH is 4. The number of hydrogen-bond acceptors (Lipinski definition) is 11. The Hall–Kier alpha value is -3.56. The lowest BCUT2D eigenvalue weighted by molar-refractivity contribution is -0.342. The van der Waals surface area contributed by atoms with E-state index in [0.29, 0.717) is 0 Å². The largest absolute Gasteiger partial charge is 0.394 e. The molecule has 51 heavy (non-hydrogen) atoms. The van der Waals surface area contributed by atoms with Crippen molar-refractivity contribution in [2.45, 2.75) is 87.8 Å². The number of rotatable bonds is 16. The predicted molar refractivity (Wildman–Crippen MR) is 185 cm³/mol. The molecular weight excluding hydrogens is 656 g/mol. The predicted octanol–water partition coefficient (Wildman–Crippen LogP) is 3.50. The normalized spacial score (nSPS) is 29.5. The van der Waals surface area contributed by atoms with Crippen molar-refractivity contribution in [3.8, 4) is 0 Å². The summed E-state index contributed by atoms with van der Waals surface area (Å²) in [7, 11) is 0. The van der Waals surface area contributed by atoms with Crippen LogP contribution < -0.4 is 0 Å². The minimum atomic E-state index is -1.43. The summed E-state index contributed by atoms with van der Waals surface area (Å²) in [6, 6.07) is 38.3. The first kappa shape index (κ1) is 37.2. The van der Waals surface area contributed by atoms with Crippen LogP contribution in [-0.2, 0) is 59.6 Å². The summed E-state index contributed by atoms with van der Waals surface area (Å²) in [4.78, 5) is 0. The van der Waals surface area contributed by atoms with Crippen LogP contribution in [0.4, 0.5) is 0 Å². The van der Waals surface area contributed by atoms with Crippen LogP contribution in [0.25, 0.3) is 0 Å². The van der Waals surface area contributed by atoms with E-state index in [9.17, 15) is 20.4 Å². The standard InChI is InChI=1S/C40H46O11/c41-21-31-33(42)34(43)36(46-23-28-15-7-2-8-16-28)40(51-31)49-26-32-35(45-22-27-13-5-1-6-14-27)37(47-24-29-17-9-3-10-18-29)38(39(44)50-32)48-25-30-19-11-4-12-20-30/h1-20,31-44H,21-26H2/t31-,32-,33-,34+,35-,36-,37+,38-,39+,40-/m1/s1. The van der Waals surface area contributed by atoms with Crippen molar-refractivity contribution in [2.75, 3.05) is 13.2 Å². The Labute approximate surface area is 297 Å². The van der Waals surface area contributed by atoms with Crippen LogP contribution in [-0.4, -0.2) is 95.1 Å². The van der Waals surface area contributed by atoms with Crippen molar-refractivity contribution >= 4 is 0 Å². The van der Waals surface area contributed by atoms with E-state index in [4.69, 9.17) is 33.2 Å². The molecule has 2 aliphatic heterocycles. The second-order valence-corrected chi connectivity index (χ2v) is 12.6. The Morgan fingerprint density at radius 3 is 1.29 bits per heavy atom. The Morgan fingerprint density at radius 2 is 0.843 bits per heavy atom. The summed E-state index contributed by atoms with van der Waals surface area (Å²) in [6.07, 6.45) is -11.2. The van der Waals surface area contributed by atoms with Crippen molar-refractivity contribution in [1.29, 1.82) is 0 Å². The van der Waals surface area contributed by atoms with E-state index in [1.807, 2.05) is 121 Å². The number of benzene rings is 4. The molecule has 2 heterocycles. The Kier molecular flexibility index (Phi) is 13.7. The van der Waals surface area contributed by atoms with Crippen molar-refractivity contribution in [1.82, 2.24) is 0 Å². The average molecular weight is 703 g/mol. The quantitative estimate of drug-likeness (QED) is 0.136. The van der Waals surface area contributed by atoms with Crippen LogP contribution in [0.15, 0.2) is 121 Å². The molecule has 10 atom stereocenters. The summed E-state index contributed by atoms with van der Waals surface area (Å²) in [5.74, 6) is 0. The summed E-state index contributed by atoms with van der Waals surface area (Å²) in [6.45, 7) is -0.0169. The van der Waals surface area contributed by atoms with Gasteiger partial charge >= 0.3 is 0 Å².